The van der Waals surface area contributed by atoms with Crippen molar-refractivity contribution < 1.29 is 14.3 Å². The molecule has 1 aliphatic heterocycles. The molecule has 1 amide bonds. The van der Waals surface area contributed by atoms with Crippen LogP contribution in [0.25, 0.3) is 0 Å². The van der Waals surface area contributed by atoms with Crippen LogP contribution in [0, 0.1) is 12.7 Å². The average Bonchev–Trinajstić information content (AvgIpc) is 2.62. The van der Waals surface area contributed by atoms with E-state index >= 15 is 0 Å². The van der Waals surface area contributed by atoms with Crippen LogP contribution in [0.4, 0.5) is 4.39 Å². The molecule has 0 bridgehead atoms. The average molecular weight is 358 g/mol. The van der Waals surface area contributed by atoms with Crippen LogP contribution in [-0.4, -0.2) is 33.6 Å². The maximum atomic E-state index is 13.1. The number of amides is 1. The van der Waals surface area contributed by atoms with Crippen LogP contribution in [0.5, 0.6) is 0 Å². The van der Waals surface area contributed by atoms with Gasteiger partial charge in [0.05, 0.1) is 5.60 Å². The van der Waals surface area contributed by atoms with Gasteiger partial charge in [0.2, 0.25) is 5.91 Å². The molecule has 1 N–H and O–H groups in total. The van der Waals surface area contributed by atoms with Crippen molar-refractivity contribution in [2.24, 2.45) is 0 Å². The second kappa shape index (κ2) is 7.41. The summed E-state index contributed by atoms with van der Waals surface area (Å²) in [6.45, 7) is 3.07. The summed E-state index contributed by atoms with van der Waals surface area (Å²) in [6, 6.07) is 10.9. The molecule has 0 unspecified atom stereocenters. The normalized spacial score (nSPS) is 16.5. The molecule has 0 atom stereocenters. The molecule has 0 saturated carbocycles. The number of aliphatic hydroxyl groups is 1. The molecule has 3 rings (SSSR count). The van der Waals surface area contributed by atoms with E-state index in [4.69, 9.17) is 0 Å². The number of carbonyl (C=O) groups excluding carboxylic acids is 1. The molecule has 5 nitrogen and oxygen atoms in total. The van der Waals surface area contributed by atoms with Gasteiger partial charge in [0.15, 0.2) is 0 Å². The summed E-state index contributed by atoms with van der Waals surface area (Å²) >= 11 is 0. The van der Waals surface area contributed by atoms with Crippen LogP contribution < -0.4 is 5.56 Å². The molecule has 2 aromatic rings. The summed E-state index contributed by atoms with van der Waals surface area (Å²) in [6.07, 6.45) is 1.07. The number of likely N-dealkylation sites (tertiary alicyclic amines) is 1. The monoisotopic (exact) mass is 358 g/mol. The smallest absolute Gasteiger partial charge is 0.250 e. The molecule has 0 spiro atoms. The third kappa shape index (κ3) is 3.85. The number of carbonyl (C=O) groups is 1. The summed E-state index contributed by atoms with van der Waals surface area (Å²) in [5.74, 6) is -0.363. The Morgan fingerprint density at radius 2 is 1.81 bits per heavy atom. The number of benzene rings is 1. The highest BCUT2D eigenvalue weighted by atomic mass is 19.1. The molecule has 26 heavy (non-hydrogen) atoms. The van der Waals surface area contributed by atoms with E-state index in [0.29, 0.717) is 38.0 Å². The van der Waals surface area contributed by atoms with Crippen LogP contribution in [0.15, 0.2) is 47.3 Å². The van der Waals surface area contributed by atoms with E-state index in [2.05, 4.69) is 0 Å². The number of aryl methyl sites for hydroxylation is 1. The summed E-state index contributed by atoms with van der Waals surface area (Å²) in [5, 5.41) is 10.8. The predicted octanol–water partition coefficient (Wildman–Crippen LogP) is 2.20. The maximum Gasteiger partial charge on any atom is 0.250 e. The van der Waals surface area contributed by atoms with Crippen molar-refractivity contribution in [2.75, 3.05) is 13.1 Å². The summed E-state index contributed by atoms with van der Waals surface area (Å²) in [5.41, 5.74) is 0.367. The number of rotatable bonds is 4. The summed E-state index contributed by atoms with van der Waals surface area (Å²) in [7, 11) is 0. The number of hydrogen-bond donors (Lipinski definition) is 1. The Bertz CT molecular complexity index is 837. The van der Waals surface area contributed by atoms with Gasteiger partial charge in [0.25, 0.3) is 5.56 Å². The Morgan fingerprint density at radius 1 is 1.15 bits per heavy atom. The van der Waals surface area contributed by atoms with E-state index in [-0.39, 0.29) is 23.7 Å². The minimum atomic E-state index is -1.03. The fraction of sp³-hybridized carbons (Fsp3) is 0.400. The molecule has 1 aliphatic rings. The molecule has 1 saturated heterocycles. The number of nitrogens with zero attached hydrogens (tertiary/aromatic N) is 2. The van der Waals surface area contributed by atoms with Gasteiger partial charge < -0.3 is 14.6 Å². The molecule has 0 radical (unpaired) electrons. The Hall–Kier alpha value is -2.47. The standard InChI is InChI=1S/C20H23FN2O3/c1-15-3-2-4-19(25)23(15)12-9-18(24)22-13-10-20(26,11-14-22)16-5-7-17(21)8-6-16/h2-8,26H,9-14H2,1H3. The number of hydrogen-bond acceptors (Lipinski definition) is 3. The lowest BCUT2D eigenvalue weighted by atomic mass is 9.84. The second-order valence-corrected chi connectivity index (χ2v) is 6.83. The highest BCUT2D eigenvalue weighted by Crippen LogP contribution is 2.33. The Morgan fingerprint density at radius 3 is 2.42 bits per heavy atom. The fourth-order valence-electron chi connectivity index (χ4n) is 3.45. The van der Waals surface area contributed by atoms with Gasteiger partial charge >= 0.3 is 0 Å². The highest BCUT2D eigenvalue weighted by molar-refractivity contribution is 5.76. The fourth-order valence-corrected chi connectivity index (χ4v) is 3.45. The largest absolute Gasteiger partial charge is 0.385 e. The van der Waals surface area contributed by atoms with Gasteiger partial charge in [-0.25, -0.2) is 4.39 Å². The zero-order valence-electron chi connectivity index (χ0n) is 14.8. The van der Waals surface area contributed by atoms with Crippen molar-refractivity contribution in [1.29, 1.82) is 0 Å². The molecular weight excluding hydrogens is 335 g/mol. The number of halogens is 1. The first kappa shape index (κ1) is 18.3. The Kier molecular flexibility index (Phi) is 5.23. The Balaban J connectivity index is 1.58. The van der Waals surface area contributed by atoms with Crippen LogP contribution in [0.2, 0.25) is 0 Å². The molecule has 0 aliphatic carbocycles. The van der Waals surface area contributed by atoms with Crippen LogP contribution in [0.3, 0.4) is 0 Å². The topological polar surface area (TPSA) is 62.5 Å². The van der Waals surface area contributed by atoms with E-state index in [1.165, 1.54) is 18.2 Å². The first-order chi connectivity index (χ1) is 12.4. The predicted molar refractivity (Wildman–Crippen MR) is 96.2 cm³/mol. The first-order valence-electron chi connectivity index (χ1n) is 8.82. The van der Waals surface area contributed by atoms with Crippen molar-refractivity contribution >= 4 is 5.91 Å². The van der Waals surface area contributed by atoms with Crippen LogP contribution >= 0.6 is 0 Å². The zero-order chi connectivity index (χ0) is 18.7. The van der Waals surface area contributed by atoms with Crippen molar-refractivity contribution in [3.05, 3.63) is 69.9 Å². The molecule has 1 aromatic carbocycles. The van der Waals surface area contributed by atoms with E-state index in [1.54, 1.807) is 27.7 Å². The van der Waals surface area contributed by atoms with Gasteiger partial charge in [-0.1, -0.05) is 18.2 Å². The van der Waals surface area contributed by atoms with E-state index in [0.717, 1.165) is 5.69 Å². The maximum absolute atomic E-state index is 13.1. The number of aromatic nitrogens is 1. The van der Waals surface area contributed by atoms with Gasteiger partial charge in [-0.05, 0) is 43.5 Å². The van der Waals surface area contributed by atoms with Gasteiger partial charge in [0, 0.05) is 37.8 Å². The third-order valence-electron chi connectivity index (χ3n) is 5.14. The van der Waals surface area contributed by atoms with Gasteiger partial charge in [-0.2, -0.15) is 0 Å². The first-order valence-corrected chi connectivity index (χ1v) is 8.82. The van der Waals surface area contributed by atoms with Crippen LogP contribution in [-0.2, 0) is 16.9 Å². The van der Waals surface area contributed by atoms with E-state index in [1.807, 2.05) is 13.0 Å². The second-order valence-electron chi connectivity index (χ2n) is 6.83. The van der Waals surface area contributed by atoms with Crippen molar-refractivity contribution in [3.8, 4) is 0 Å². The number of pyridine rings is 1. The third-order valence-corrected chi connectivity index (χ3v) is 5.14. The summed E-state index contributed by atoms with van der Waals surface area (Å²) in [4.78, 5) is 26.1. The zero-order valence-corrected chi connectivity index (χ0v) is 14.8. The molecule has 138 valence electrons. The van der Waals surface area contributed by atoms with Crippen molar-refractivity contribution in [3.63, 3.8) is 0 Å². The molecule has 1 aromatic heterocycles. The summed E-state index contributed by atoms with van der Waals surface area (Å²) < 4.78 is 14.7. The molecular formula is C20H23FN2O3. The van der Waals surface area contributed by atoms with E-state index < -0.39 is 5.60 Å². The van der Waals surface area contributed by atoms with Gasteiger partial charge in [-0.15, -0.1) is 0 Å². The Labute approximate surface area is 151 Å². The molecule has 6 heteroatoms. The van der Waals surface area contributed by atoms with Crippen molar-refractivity contribution in [2.45, 2.75) is 38.3 Å². The van der Waals surface area contributed by atoms with E-state index in [9.17, 15) is 19.1 Å². The van der Waals surface area contributed by atoms with Gasteiger partial charge in [-0.3, -0.25) is 9.59 Å². The lowest BCUT2D eigenvalue weighted by molar-refractivity contribution is -0.136. The lowest BCUT2D eigenvalue weighted by Crippen LogP contribution is -2.45. The number of piperidine rings is 1. The van der Waals surface area contributed by atoms with Crippen LogP contribution in [0.1, 0.15) is 30.5 Å². The van der Waals surface area contributed by atoms with Gasteiger partial charge in [0.1, 0.15) is 5.82 Å². The SMILES string of the molecule is Cc1cccc(=O)n1CCC(=O)N1CCC(O)(c2ccc(F)cc2)CC1. The molecule has 1 fully saturated rings. The minimum absolute atomic E-state index is 0.0266. The molecule has 2 heterocycles. The minimum Gasteiger partial charge on any atom is -0.385 e. The quantitative estimate of drug-likeness (QED) is 0.911. The van der Waals surface area contributed by atoms with Crippen molar-refractivity contribution in [1.82, 2.24) is 9.47 Å². The highest BCUT2D eigenvalue weighted by Gasteiger charge is 2.35. The lowest BCUT2D eigenvalue weighted by Gasteiger charge is -2.38.